The van der Waals surface area contributed by atoms with Crippen LogP contribution in [0.25, 0.3) is 5.57 Å². The quantitative estimate of drug-likeness (QED) is 0.727. The second kappa shape index (κ2) is 4.64. The first-order chi connectivity index (χ1) is 9.45. The third-order valence-corrected chi connectivity index (χ3v) is 4.92. The molecule has 0 bridgehead atoms. The van der Waals surface area contributed by atoms with E-state index in [9.17, 15) is 0 Å². The highest BCUT2D eigenvalue weighted by Crippen LogP contribution is 2.52. The lowest BCUT2D eigenvalue weighted by Gasteiger charge is -2.28. The Morgan fingerprint density at radius 1 is 1.00 bits per heavy atom. The van der Waals surface area contributed by atoms with Crippen molar-refractivity contribution in [1.82, 2.24) is 0 Å². The van der Waals surface area contributed by atoms with Gasteiger partial charge in [-0.2, -0.15) is 0 Å². The normalized spacial score (nSPS) is 29.8. The van der Waals surface area contributed by atoms with Crippen LogP contribution in [0.2, 0.25) is 0 Å². The number of hydrogen-bond donors (Lipinski definition) is 0. The molecule has 0 saturated carbocycles. The topological polar surface area (TPSA) is 9.23 Å². The zero-order chi connectivity index (χ0) is 12.7. The van der Waals surface area contributed by atoms with Crippen LogP contribution in [0.15, 0.2) is 47.6 Å². The van der Waals surface area contributed by atoms with Crippen molar-refractivity contribution in [2.75, 3.05) is 13.2 Å². The van der Waals surface area contributed by atoms with E-state index < -0.39 is 0 Å². The summed E-state index contributed by atoms with van der Waals surface area (Å²) < 4.78 is 5.76. The average molecular weight is 252 g/mol. The fourth-order valence-corrected chi connectivity index (χ4v) is 4.13. The second-order valence-electron chi connectivity index (χ2n) is 5.91. The van der Waals surface area contributed by atoms with Crippen molar-refractivity contribution < 1.29 is 4.74 Å². The van der Waals surface area contributed by atoms with Gasteiger partial charge in [0.25, 0.3) is 0 Å². The van der Waals surface area contributed by atoms with Crippen LogP contribution in [-0.2, 0) is 4.74 Å². The Morgan fingerprint density at radius 3 is 2.79 bits per heavy atom. The molecule has 98 valence electrons. The number of ether oxygens (including phenoxy) is 1. The molecule has 2 aliphatic carbocycles. The molecule has 1 fully saturated rings. The lowest BCUT2D eigenvalue weighted by Crippen LogP contribution is -2.23. The fraction of sp³-hybridized carbons (Fsp3) is 0.444. The van der Waals surface area contributed by atoms with Crippen LogP contribution in [-0.4, -0.2) is 13.2 Å². The molecule has 0 N–H and O–H groups in total. The Kier molecular flexibility index (Phi) is 2.81. The number of rotatable bonds is 1. The first-order valence-electron chi connectivity index (χ1n) is 7.52. The molecule has 3 aliphatic rings. The monoisotopic (exact) mass is 252 g/mol. The van der Waals surface area contributed by atoms with Gasteiger partial charge in [-0.05, 0) is 59.8 Å². The van der Waals surface area contributed by atoms with E-state index in [0.29, 0.717) is 0 Å². The van der Waals surface area contributed by atoms with Crippen LogP contribution in [0, 0.1) is 11.8 Å². The van der Waals surface area contributed by atoms with Gasteiger partial charge in [-0.25, -0.2) is 0 Å². The summed E-state index contributed by atoms with van der Waals surface area (Å²) in [6, 6.07) is 10.9. The minimum atomic E-state index is 0.760. The molecule has 1 heteroatoms. The van der Waals surface area contributed by atoms with Gasteiger partial charge in [-0.3, -0.25) is 0 Å². The summed E-state index contributed by atoms with van der Waals surface area (Å²) in [4.78, 5) is 0. The van der Waals surface area contributed by atoms with E-state index >= 15 is 0 Å². The van der Waals surface area contributed by atoms with Gasteiger partial charge < -0.3 is 4.74 Å². The minimum Gasteiger partial charge on any atom is -0.377 e. The van der Waals surface area contributed by atoms with Crippen LogP contribution >= 0.6 is 0 Å². The third kappa shape index (κ3) is 1.80. The molecule has 0 spiro atoms. The predicted molar refractivity (Wildman–Crippen MR) is 77.7 cm³/mol. The van der Waals surface area contributed by atoms with Crippen LogP contribution in [0.5, 0.6) is 0 Å². The van der Waals surface area contributed by atoms with Gasteiger partial charge in [-0.1, -0.05) is 36.4 Å². The summed E-state index contributed by atoms with van der Waals surface area (Å²) in [5.41, 5.74) is 6.12. The highest BCUT2D eigenvalue weighted by atomic mass is 16.5. The molecule has 0 radical (unpaired) electrons. The van der Waals surface area contributed by atoms with Crippen molar-refractivity contribution in [3.63, 3.8) is 0 Å². The number of allylic oxidation sites excluding steroid dienone is 3. The van der Waals surface area contributed by atoms with Gasteiger partial charge in [0, 0.05) is 6.61 Å². The molecule has 1 heterocycles. The summed E-state index contributed by atoms with van der Waals surface area (Å²) in [6.45, 7) is 1.79. The van der Waals surface area contributed by atoms with Crippen LogP contribution < -0.4 is 0 Å². The van der Waals surface area contributed by atoms with Crippen LogP contribution in [0.3, 0.4) is 0 Å². The molecule has 1 aromatic carbocycles. The van der Waals surface area contributed by atoms with Gasteiger partial charge in [-0.15, -0.1) is 0 Å². The van der Waals surface area contributed by atoms with Crippen LogP contribution in [0.4, 0.5) is 0 Å². The largest absolute Gasteiger partial charge is 0.377 e. The Bertz CT molecular complexity index is 538. The van der Waals surface area contributed by atoms with Crippen molar-refractivity contribution in [3.8, 4) is 0 Å². The Labute approximate surface area is 115 Å². The summed E-state index contributed by atoms with van der Waals surface area (Å²) in [7, 11) is 0. The van der Waals surface area contributed by atoms with E-state index in [4.69, 9.17) is 4.74 Å². The highest BCUT2D eigenvalue weighted by molar-refractivity contribution is 5.85. The Morgan fingerprint density at radius 2 is 1.89 bits per heavy atom. The smallest absolute Gasteiger partial charge is 0.0688 e. The number of benzene rings is 1. The Balaban J connectivity index is 1.86. The molecular formula is C18H20O. The predicted octanol–water partition coefficient (Wildman–Crippen LogP) is 4.22. The standard InChI is InChI=1S/C18H20O/c1-2-6-13(7-3-1)18-16-9-5-4-8-14(16)15-10-11-19-12-17(15)18/h1-3,6-7,9,14-15H,4-5,8,10-12H2. The lowest BCUT2D eigenvalue weighted by atomic mass is 9.79. The third-order valence-electron chi connectivity index (χ3n) is 4.92. The van der Waals surface area contributed by atoms with Gasteiger partial charge in [0.2, 0.25) is 0 Å². The van der Waals surface area contributed by atoms with E-state index in [1.807, 2.05) is 0 Å². The molecule has 2 unspecified atom stereocenters. The first kappa shape index (κ1) is 11.5. The maximum absolute atomic E-state index is 5.76. The zero-order valence-electron chi connectivity index (χ0n) is 11.3. The van der Waals surface area contributed by atoms with Gasteiger partial charge >= 0.3 is 0 Å². The van der Waals surface area contributed by atoms with Crippen molar-refractivity contribution in [2.45, 2.75) is 25.7 Å². The molecule has 1 saturated heterocycles. The zero-order valence-corrected chi connectivity index (χ0v) is 11.3. The van der Waals surface area contributed by atoms with Gasteiger partial charge in [0.1, 0.15) is 0 Å². The number of hydrogen-bond acceptors (Lipinski definition) is 1. The summed E-state index contributed by atoms with van der Waals surface area (Å²) >= 11 is 0. The molecular weight excluding hydrogens is 232 g/mol. The maximum Gasteiger partial charge on any atom is 0.0688 e. The van der Waals surface area contributed by atoms with E-state index in [1.54, 1.807) is 11.1 Å². The SMILES string of the molecule is C1=C2C(c3ccccc3)=C3COCCC3C2CCC1. The highest BCUT2D eigenvalue weighted by Gasteiger charge is 2.40. The minimum absolute atomic E-state index is 0.760. The molecule has 4 rings (SSSR count). The van der Waals surface area contributed by atoms with Crippen LogP contribution in [0.1, 0.15) is 31.2 Å². The molecule has 1 aromatic rings. The molecule has 0 amide bonds. The summed E-state index contributed by atoms with van der Waals surface area (Å²) in [5, 5.41) is 0. The van der Waals surface area contributed by atoms with E-state index in [2.05, 4.69) is 36.4 Å². The number of fused-ring (bicyclic) bond motifs is 3. The van der Waals surface area contributed by atoms with Crippen molar-refractivity contribution >= 4 is 5.57 Å². The van der Waals surface area contributed by atoms with Gasteiger partial charge in [0.15, 0.2) is 0 Å². The van der Waals surface area contributed by atoms with E-state index in [1.165, 1.54) is 36.8 Å². The molecule has 19 heavy (non-hydrogen) atoms. The van der Waals surface area contributed by atoms with E-state index in [0.717, 1.165) is 25.0 Å². The molecule has 1 nitrogen and oxygen atoms in total. The average Bonchev–Trinajstić information content (AvgIpc) is 2.83. The summed E-state index contributed by atoms with van der Waals surface area (Å²) in [6.07, 6.45) is 7.70. The molecule has 1 aliphatic heterocycles. The first-order valence-corrected chi connectivity index (χ1v) is 7.52. The van der Waals surface area contributed by atoms with Crippen molar-refractivity contribution in [1.29, 1.82) is 0 Å². The fourth-order valence-electron chi connectivity index (χ4n) is 4.13. The van der Waals surface area contributed by atoms with Crippen molar-refractivity contribution in [2.24, 2.45) is 11.8 Å². The van der Waals surface area contributed by atoms with Gasteiger partial charge in [0.05, 0.1) is 6.61 Å². The van der Waals surface area contributed by atoms with Crippen molar-refractivity contribution in [3.05, 3.63) is 53.1 Å². The molecule has 0 aromatic heterocycles. The Hall–Kier alpha value is -1.34. The lowest BCUT2D eigenvalue weighted by molar-refractivity contribution is 0.0987. The maximum atomic E-state index is 5.76. The molecule has 2 atom stereocenters. The van der Waals surface area contributed by atoms with E-state index in [-0.39, 0.29) is 0 Å². The summed E-state index contributed by atoms with van der Waals surface area (Å²) in [5.74, 6) is 1.54. The second-order valence-corrected chi connectivity index (χ2v) is 5.91.